The van der Waals surface area contributed by atoms with Crippen LogP contribution >= 0.6 is 11.3 Å². The third kappa shape index (κ3) is 1.21. The van der Waals surface area contributed by atoms with Gasteiger partial charge >= 0.3 is 5.97 Å². The molecular weight excluding hydrogens is 200 g/mol. The van der Waals surface area contributed by atoms with Crippen LogP contribution in [0.2, 0.25) is 0 Å². The van der Waals surface area contributed by atoms with Crippen molar-refractivity contribution in [2.45, 2.75) is 13.8 Å². The average molecular weight is 210 g/mol. The minimum atomic E-state index is -0.391. The predicted octanol–water partition coefficient (Wildman–Crippen LogP) is 1.80. The molecule has 2 rings (SSSR count). The van der Waals surface area contributed by atoms with Gasteiger partial charge in [-0.25, -0.2) is 9.78 Å². The van der Waals surface area contributed by atoms with Crippen molar-refractivity contribution in [3.8, 4) is 0 Å². The van der Waals surface area contributed by atoms with Gasteiger partial charge in [-0.3, -0.25) is 4.40 Å². The van der Waals surface area contributed by atoms with E-state index >= 15 is 0 Å². The molecule has 0 aliphatic rings. The molecule has 0 amide bonds. The highest BCUT2D eigenvalue weighted by atomic mass is 32.1. The van der Waals surface area contributed by atoms with Crippen LogP contribution in [-0.4, -0.2) is 22.5 Å². The summed E-state index contributed by atoms with van der Waals surface area (Å²) in [5.41, 5.74) is 1.48. The van der Waals surface area contributed by atoms with Gasteiger partial charge in [-0.15, -0.1) is 11.3 Å². The van der Waals surface area contributed by atoms with Crippen molar-refractivity contribution >= 4 is 22.3 Å². The van der Waals surface area contributed by atoms with E-state index in [4.69, 9.17) is 0 Å². The van der Waals surface area contributed by atoms with E-state index in [-0.39, 0.29) is 0 Å². The first-order chi connectivity index (χ1) is 6.63. The molecule has 0 atom stereocenters. The molecule has 2 heterocycles. The number of aromatic nitrogens is 2. The lowest BCUT2D eigenvalue weighted by Gasteiger charge is -1.91. The summed E-state index contributed by atoms with van der Waals surface area (Å²) in [6.07, 6.45) is 1.71. The topological polar surface area (TPSA) is 43.6 Å². The Kier molecular flexibility index (Phi) is 2.03. The number of carbonyl (C=O) groups is 1. The van der Waals surface area contributed by atoms with E-state index in [2.05, 4.69) is 9.72 Å². The van der Waals surface area contributed by atoms with Gasteiger partial charge in [0.1, 0.15) is 0 Å². The molecule has 4 nitrogen and oxygen atoms in total. The summed E-state index contributed by atoms with van der Waals surface area (Å²) in [6, 6.07) is 0. The lowest BCUT2D eigenvalue weighted by atomic mass is 10.4. The third-order valence-corrected chi connectivity index (χ3v) is 3.26. The van der Waals surface area contributed by atoms with Gasteiger partial charge in [-0.1, -0.05) is 0 Å². The number of esters is 1. The lowest BCUT2D eigenvalue weighted by molar-refractivity contribution is 0.0595. The standard InChI is InChI=1S/C9H10N2O2S/c1-5-6(2)14-9-10-7(4-11(5)9)8(12)13-3/h4H,1-3H3. The van der Waals surface area contributed by atoms with Crippen LogP contribution in [0.25, 0.3) is 4.96 Å². The van der Waals surface area contributed by atoms with Crippen molar-refractivity contribution in [1.29, 1.82) is 0 Å². The molecular formula is C9H10N2O2S. The second kappa shape index (κ2) is 3.09. The Balaban J connectivity index is 2.59. The summed E-state index contributed by atoms with van der Waals surface area (Å²) in [5, 5.41) is 0. The first-order valence-corrected chi connectivity index (χ1v) is 4.98. The van der Waals surface area contributed by atoms with E-state index in [0.717, 1.165) is 10.7 Å². The van der Waals surface area contributed by atoms with Crippen LogP contribution in [0.15, 0.2) is 6.20 Å². The minimum Gasteiger partial charge on any atom is -0.464 e. The van der Waals surface area contributed by atoms with Gasteiger partial charge in [0, 0.05) is 16.8 Å². The zero-order valence-electron chi connectivity index (χ0n) is 8.20. The number of methoxy groups -OCH3 is 1. The molecule has 5 heteroatoms. The van der Waals surface area contributed by atoms with E-state index in [1.807, 2.05) is 18.2 Å². The molecule has 0 saturated heterocycles. The number of hydrogen-bond donors (Lipinski definition) is 0. The summed E-state index contributed by atoms with van der Waals surface area (Å²) in [7, 11) is 1.36. The summed E-state index contributed by atoms with van der Waals surface area (Å²) in [6.45, 7) is 4.04. The largest absolute Gasteiger partial charge is 0.464 e. The molecule has 0 N–H and O–H groups in total. The van der Waals surface area contributed by atoms with Crippen molar-refractivity contribution in [1.82, 2.24) is 9.38 Å². The SMILES string of the molecule is COC(=O)c1cn2c(C)c(C)sc2n1. The molecule has 74 valence electrons. The third-order valence-electron chi connectivity index (χ3n) is 2.18. The van der Waals surface area contributed by atoms with Crippen LogP contribution in [0.5, 0.6) is 0 Å². The number of nitrogens with zero attached hydrogens (tertiary/aromatic N) is 2. The summed E-state index contributed by atoms with van der Waals surface area (Å²) < 4.78 is 6.50. The first-order valence-electron chi connectivity index (χ1n) is 4.17. The quantitative estimate of drug-likeness (QED) is 0.674. The van der Waals surface area contributed by atoms with Crippen molar-refractivity contribution in [2.75, 3.05) is 7.11 Å². The van der Waals surface area contributed by atoms with Gasteiger partial charge < -0.3 is 4.74 Å². The molecule has 0 saturated carbocycles. The predicted molar refractivity (Wildman–Crippen MR) is 53.9 cm³/mol. The second-order valence-electron chi connectivity index (χ2n) is 3.01. The molecule has 0 fully saturated rings. The van der Waals surface area contributed by atoms with E-state index in [0.29, 0.717) is 5.69 Å². The van der Waals surface area contributed by atoms with Gasteiger partial charge in [0.15, 0.2) is 10.7 Å². The average Bonchev–Trinajstić information content (AvgIpc) is 2.68. The van der Waals surface area contributed by atoms with Crippen LogP contribution in [0.3, 0.4) is 0 Å². The Morgan fingerprint density at radius 3 is 2.86 bits per heavy atom. The van der Waals surface area contributed by atoms with Gasteiger partial charge in [-0.05, 0) is 13.8 Å². The summed E-state index contributed by atoms with van der Waals surface area (Å²) in [5.74, 6) is -0.391. The van der Waals surface area contributed by atoms with Gasteiger partial charge in [-0.2, -0.15) is 0 Å². The van der Waals surface area contributed by atoms with Crippen LogP contribution in [0.4, 0.5) is 0 Å². The van der Waals surface area contributed by atoms with Crippen LogP contribution in [0, 0.1) is 13.8 Å². The fourth-order valence-corrected chi connectivity index (χ4v) is 2.21. The molecule has 0 aliphatic heterocycles. The molecule has 0 radical (unpaired) electrons. The van der Waals surface area contributed by atoms with E-state index in [1.165, 1.54) is 12.0 Å². The van der Waals surface area contributed by atoms with Crippen LogP contribution in [-0.2, 0) is 4.74 Å². The van der Waals surface area contributed by atoms with Crippen molar-refractivity contribution < 1.29 is 9.53 Å². The molecule has 0 unspecified atom stereocenters. The molecule has 0 bridgehead atoms. The van der Waals surface area contributed by atoms with Crippen molar-refractivity contribution in [2.24, 2.45) is 0 Å². The second-order valence-corrected chi connectivity index (χ2v) is 4.20. The summed E-state index contributed by atoms with van der Waals surface area (Å²) in [4.78, 5) is 17.4. The number of aryl methyl sites for hydroxylation is 2. The molecule has 2 aromatic rings. The van der Waals surface area contributed by atoms with Gasteiger partial charge in [0.25, 0.3) is 0 Å². The van der Waals surface area contributed by atoms with Gasteiger partial charge in [0.2, 0.25) is 0 Å². The molecule has 0 aliphatic carbocycles. The Bertz CT molecular complexity index is 498. The zero-order valence-corrected chi connectivity index (χ0v) is 9.01. The molecule has 0 aromatic carbocycles. The number of carbonyl (C=O) groups excluding carboxylic acids is 1. The Hall–Kier alpha value is -1.36. The first kappa shape index (κ1) is 9.21. The van der Waals surface area contributed by atoms with E-state index < -0.39 is 5.97 Å². The number of fused-ring (bicyclic) bond motifs is 1. The highest BCUT2D eigenvalue weighted by Crippen LogP contribution is 2.21. The minimum absolute atomic E-state index is 0.363. The monoisotopic (exact) mass is 210 g/mol. The number of ether oxygens (including phenoxy) is 1. The van der Waals surface area contributed by atoms with Crippen LogP contribution < -0.4 is 0 Å². The fraction of sp³-hybridized carbons (Fsp3) is 0.333. The van der Waals surface area contributed by atoms with E-state index in [1.54, 1.807) is 17.5 Å². The zero-order chi connectivity index (χ0) is 10.3. The highest BCUT2D eigenvalue weighted by Gasteiger charge is 2.13. The Morgan fingerprint density at radius 1 is 1.57 bits per heavy atom. The fourth-order valence-electron chi connectivity index (χ4n) is 1.26. The number of hydrogen-bond acceptors (Lipinski definition) is 4. The highest BCUT2D eigenvalue weighted by molar-refractivity contribution is 7.17. The van der Waals surface area contributed by atoms with Crippen molar-refractivity contribution in [3.63, 3.8) is 0 Å². The molecule has 0 spiro atoms. The lowest BCUT2D eigenvalue weighted by Crippen LogP contribution is -2.00. The molecule has 14 heavy (non-hydrogen) atoms. The number of imidazole rings is 1. The maximum atomic E-state index is 11.2. The Morgan fingerprint density at radius 2 is 2.29 bits per heavy atom. The maximum Gasteiger partial charge on any atom is 0.358 e. The van der Waals surface area contributed by atoms with Crippen molar-refractivity contribution in [3.05, 3.63) is 22.5 Å². The van der Waals surface area contributed by atoms with E-state index in [9.17, 15) is 4.79 Å². The maximum absolute atomic E-state index is 11.2. The van der Waals surface area contributed by atoms with Gasteiger partial charge in [0.05, 0.1) is 7.11 Å². The molecule has 2 aromatic heterocycles. The number of thiazole rings is 1. The van der Waals surface area contributed by atoms with Crippen LogP contribution in [0.1, 0.15) is 21.1 Å². The number of rotatable bonds is 1. The smallest absolute Gasteiger partial charge is 0.358 e. The summed E-state index contributed by atoms with van der Waals surface area (Å²) >= 11 is 1.57. The normalized spacial score (nSPS) is 10.8. The Labute approximate surface area is 85.1 Å².